The number of benzene rings is 1. The highest BCUT2D eigenvalue weighted by Gasteiger charge is 2.17. The van der Waals surface area contributed by atoms with Crippen LogP contribution >= 0.6 is 0 Å². The summed E-state index contributed by atoms with van der Waals surface area (Å²) in [5.74, 6) is 0. The monoisotopic (exact) mass is 307 g/mol. The predicted molar refractivity (Wildman–Crippen MR) is 82.6 cm³/mol. The molecule has 0 bridgehead atoms. The molecule has 0 fully saturated rings. The first-order valence-corrected chi connectivity index (χ1v) is 8.35. The van der Waals surface area contributed by atoms with Gasteiger partial charge in [-0.15, -0.1) is 0 Å². The van der Waals surface area contributed by atoms with Gasteiger partial charge in [-0.2, -0.15) is 5.10 Å². The maximum Gasteiger partial charge on any atom is 0.240 e. The van der Waals surface area contributed by atoms with Crippen LogP contribution in [0.4, 0.5) is 0 Å². The van der Waals surface area contributed by atoms with Gasteiger partial charge in [0.1, 0.15) is 0 Å². The molecule has 114 valence electrons. The van der Waals surface area contributed by atoms with Crippen molar-refractivity contribution in [1.29, 1.82) is 0 Å². The Bertz CT molecular complexity index is 669. The maximum atomic E-state index is 12.2. The second kappa shape index (κ2) is 5.99. The van der Waals surface area contributed by atoms with Crippen LogP contribution in [-0.4, -0.2) is 24.7 Å². The Kier molecular flexibility index (Phi) is 4.49. The van der Waals surface area contributed by atoms with Crippen LogP contribution in [0.3, 0.4) is 0 Å². The van der Waals surface area contributed by atoms with Gasteiger partial charge in [0.25, 0.3) is 0 Å². The summed E-state index contributed by atoms with van der Waals surface area (Å²) in [6.07, 6.45) is 3.46. The van der Waals surface area contributed by atoms with E-state index >= 15 is 0 Å². The van der Waals surface area contributed by atoms with E-state index in [0.29, 0.717) is 13.1 Å². The fourth-order valence-electron chi connectivity index (χ4n) is 1.94. The topological polar surface area (TPSA) is 64.0 Å². The number of hydrogen-bond donors (Lipinski definition) is 1. The summed E-state index contributed by atoms with van der Waals surface area (Å²) in [6.45, 7) is 7.11. The third-order valence-corrected chi connectivity index (χ3v) is 4.70. The van der Waals surface area contributed by atoms with Gasteiger partial charge in [-0.1, -0.05) is 32.9 Å². The van der Waals surface area contributed by atoms with Crippen molar-refractivity contribution < 1.29 is 8.42 Å². The Morgan fingerprint density at radius 3 is 2.38 bits per heavy atom. The minimum Gasteiger partial charge on any atom is -0.271 e. The summed E-state index contributed by atoms with van der Waals surface area (Å²) in [5, 5.41) is 4.03. The quantitative estimate of drug-likeness (QED) is 0.920. The lowest BCUT2D eigenvalue weighted by molar-refractivity contribution is 0.560. The molecule has 21 heavy (non-hydrogen) atoms. The van der Waals surface area contributed by atoms with Crippen molar-refractivity contribution in [3.05, 3.63) is 48.3 Å². The van der Waals surface area contributed by atoms with Gasteiger partial charge in [-0.05, 0) is 29.2 Å². The van der Waals surface area contributed by atoms with Crippen LogP contribution in [0.15, 0.2) is 47.6 Å². The molecular formula is C15H21N3O2S. The molecule has 1 aromatic heterocycles. The molecule has 0 aliphatic carbocycles. The van der Waals surface area contributed by atoms with E-state index in [0.717, 1.165) is 5.56 Å². The highest BCUT2D eigenvalue weighted by Crippen LogP contribution is 2.23. The standard InChI is InChI=1S/C15H21N3O2S/c1-15(2,3)13-5-7-14(8-6-13)21(19,20)17-10-12-18-11-4-9-16-18/h4-9,11,17H,10,12H2,1-3H3. The number of nitrogens with zero attached hydrogens (tertiary/aromatic N) is 2. The molecule has 2 rings (SSSR count). The lowest BCUT2D eigenvalue weighted by Gasteiger charge is -2.19. The first-order chi connectivity index (χ1) is 9.79. The number of sulfonamides is 1. The molecule has 5 nitrogen and oxygen atoms in total. The molecule has 0 saturated carbocycles. The van der Waals surface area contributed by atoms with Gasteiger partial charge in [-0.25, -0.2) is 13.1 Å². The fourth-order valence-corrected chi connectivity index (χ4v) is 2.97. The van der Waals surface area contributed by atoms with Crippen LogP contribution in [0.5, 0.6) is 0 Å². The first-order valence-electron chi connectivity index (χ1n) is 6.87. The van der Waals surface area contributed by atoms with Crippen LogP contribution in [0.2, 0.25) is 0 Å². The number of hydrogen-bond acceptors (Lipinski definition) is 3. The van der Waals surface area contributed by atoms with E-state index in [4.69, 9.17) is 0 Å². The Morgan fingerprint density at radius 2 is 1.86 bits per heavy atom. The third kappa shape index (κ3) is 4.15. The molecule has 0 radical (unpaired) electrons. The zero-order valence-electron chi connectivity index (χ0n) is 12.6. The Hall–Kier alpha value is -1.66. The maximum absolute atomic E-state index is 12.2. The van der Waals surface area contributed by atoms with Gasteiger partial charge in [0.15, 0.2) is 0 Å². The molecular weight excluding hydrogens is 286 g/mol. The summed E-state index contributed by atoms with van der Waals surface area (Å²) in [4.78, 5) is 0.288. The summed E-state index contributed by atoms with van der Waals surface area (Å²) in [5.41, 5.74) is 1.12. The minimum absolute atomic E-state index is 0.00973. The molecule has 0 atom stereocenters. The van der Waals surface area contributed by atoms with Crippen molar-refractivity contribution in [1.82, 2.24) is 14.5 Å². The average Bonchev–Trinajstić information content (AvgIpc) is 2.91. The lowest BCUT2D eigenvalue weighted by atomic mass is 9.87. The largest absolute Gasteiger partial charge is 0.271 e. The Morgan fingerprint density at radius 1 is 1.19 bits per heavy atom. The van der Waals surface area contributed by atoms with Gasteiger partial charge >= 0.3 is 0 Å². The highest BCUT2D eigenvalue weighted by molar-refractivity contribution is 7.89. The molecule has 0 aliphatic heterocycles. The van der Waals surface area contributed by atoms with Crippen molar-refractivity contribution in [3.8, 4) is 0 Å². The zero-order valence-corrected chi connectivity index (χ0v) is 13.4. The zero-order chi connectivity index (χ0) is 15.5. The van der Waals surface area contributed by atoms with Gasteiger partial charge in [-0.3, -0.25) is 4.68 Å². The van der Waals surface area contributed by atoms with Crippen molar-refractivity contribution in [2.45, 2.75) is 37.6 Å². The van der Waals surface area contributed by atoms with E-state index in [1.807, 2.05) is 12.1 Å². The third-order valence-electron chi connectivity index (χ3n) is 3.22. The Labute approximate surface area is 126 Å². The Balaban J connectivity index is 2.02. The van der Waals surface area contributed by atoms with Crippen LogP contribution in [0.1, 0.15) is 26.3 Å². The minimum atomic E-state index is -3.47. The van der Waals surface area contributed by atoms with E-state index in [2.05, 4.69) is 30.6 Å². The van der Waals surface area contributed by atoms with E-state index in [1.165, 1.54) is 0 Å². The lowest BCUT2D eigenvalue weighted by Crippen LogP contribution is -2.27. The summed E-state index contributed by atoms with van der Waals surface area (Å²) in [6, 6.07) is 8.83. The number of aromatic nitrogens is 2. The van der Waals surface area contributed by atoms with Crippen LogP contribution in [0.25, 0.3) is 0 Å². The molecule has 1 aromatic carbocycles. The summed E-state index contributed by atoms with van der Waals surface area (Å²) < 4.78 is 28.6. The normalized spacial score (nSPS) is 12.5. The van der Waals surface area contributed by atoms with Crippen LogP contribution < -0.4 is 4.72 Å². The molecule has 0 amide bonds. The number of nitrogens with one attached hydrogen (secondary N) is 1. The van der Waals surface area contributed by atoms with Gasteiger partial charge in [0.05, 0.1) is 11.4 Å². The smallest absolute Gasteiger partial charge is 0.240 e. The molecule has 0 spiro atoms. The van der Waals surface area contributed by atoms with Crippen molar-refractivity contribution >= 4 is 10.0 Å². The van der Waals surface area contributed by atoms with Gasteiger partial charge in [0, 0.05) is 18.9 Å². The first kappa shape index (κ1) is 15.7. The second-order valence-electron chi connectivity index (χ2n) is 5.94. The molecule has 1 heterocycles. The molecule has 6 heteroatoms. The molecule has 0 aliphatic rings. The summed E-state index contributed by atoms with van der Waals surface area (Å²) >= 11 is 0. The summed E-state index contributed by atoms with van der Waals surface area (Å²) in [7, 11) is -3.47. The van der Waals surface area contributed by atoms with Gasteiger partial charge < -0.3 is 0 Å². The molecule has 1 N–H and O–H groups in total. The highest BCUT2D eigenvalue weighted by atomic mass is 32.2. The fraction of sp³-hybridized carbons (Fsp3) is 0.400. The van der Waals surface area contributed by atoms with Crippen LogP contribution in [-0.2, 0) is 22.0 Å². The molecule has 0 unspecified atom stereocenters. The molecule has 2 aromatic rings. The molecule has 0 saturated heterocycles. The van der Waals surface area contributed by atoms with E-state index in [1.54, 1.807) is 35.3 Å². The average molecular weight is 307 g/mol. The van der Waals surface area contributed by atoms with E-state index < -0.39 is 10.0 Å². The van der Waals surface area contributed by atoms with E-state index in [9.17, 15) is 8.42 Å². The number of rotatable bonds is 5. The van der Waals surface area contributed by atoms with E-state index in [-0.39, 0.29) is 10.3 Å². The SMILES string of the molecule is CC(C)(C)c1ccc(S(=O)(=O)NCCn2cccn2)cc1. The van der Waals surface area contributed by atoms with Crippen molar-refractivity contribution in [3.63, 3.8) is 0 Å². The second-order valence-corrected chi connectivity index (χ2v) is 7.71. The van der Waals surface area contributed by atoms with Gasteiger partial charge in [0.2, 0.25) is 10.0 Å². The van der Waals surface area contributed by atoms with Crippen LogP contribution in [0, 0.1) is 0 Å². The van der Waals surface area contributed by atoms with Crippen molar-refractivity contribution in [2.75, 3.05) is 6.54 Å². The predicted octanol–water partition coefficient (Wildman–Crippen LogP) is 2.16. The van der Waals surface area contributed by atoms with Crippen molar-refractivity contribution in [2.24, 2.45) is 0 Å².